The first-order chi connectivity index (χ1) is 8.15. The number of anilines is 1. The second-order valence-corrected chi connectivity index (χ2v) is 4.52. The van der Waals surface area contributed by atoms with E-state index in [0.717, 1.165) is 6.54 Å². The van der Waals surface area contributed by atoms with Crippen LogP contribution in [-0.4, -0.2) is 20.6 Å². The molecule has 0 aromatic heterocycles. The summed E-state index contributed by atoms with van der Waals surface area (Å²) >= 11 is 0. The van der Waals surface area contributed by atoms with Gasteiger partial charge in [0, 0.05) is 20.7 Å². The molecule has 0 saturated heterocycles. The summed E-state index contributed by atoms with van der Waals surface area (Å²) in [5.74, 6) is 0.625. The maximum Gasteiger partial charge on any atom is 0.0363 e. The highest BCUT2D eigenvalue weighted by Gasteiger charge is 2.01. The molecule has 1 aromatic rings. The fraction of sp³-hybridized carbons (Fsp3) is 0.600. The van der Waals surface area contributed by atoms with Gasteiger partial charge in [-0.15, -0.1) is 0 Å². The predicted octanol–water partition coefficient (Wildman–Crippen LogP) is 3.87. The highest BCUT2D eigenvalue weighted by atomic mass is 15.1. The molecule has 0 saturated carbocycles. The minimum Gasteiger partial charge on any atom is -0.375 e. The molecule has 1 rings (SSSR count). The van der Waals surface area contributed by atoms with E-state index in [1.807, 2.05) is 0 Å². The third kappa shape index (κ3) is 5.73. The SMILES string of the molecule is CCCCN(C)c1ccc(C(C)C)cc1.CN.[HH]. The Morgan fingerprint density at radius 3 is 2.12 bits per heavy atom. The van der Waals surface area contributed by atoms with Crippen molar-refractivity contribution < 1.29 is 1.43 Å². The van der Waals surface area contributed by atoms with Crippen LogP contribution in [0.4, 0.5) is 5.69 Å². The highest BCUT2D eigenvalue weighted by Crippen LogP contribution is 2.19. The lowest BCUT2D eigenvalue weighted by Crippen LogP contribution is -2.18. The lowest BCUT2D eigenvalue weighted by molar-refractivity contribution is 0.766. The fourth-order valence-electron chi connectivity index (χ4n) is 1.64. The molecule has 100 valence electrons. The van der Waals surface area contributed by atoms with Crippen LogP contribution in [0.3, 0.4) is 0 Å². The first kappa shape index (κ1) is 16.0. The van der Waals surface area contributed by atoms with Crippen LogP contribution in [0.2, 0.25) is 0 Å². The summed E-state index contributed by atoms with van der Waals surface area (Å²) < 4.78 is 0. The van der Waals surface area contributed by atoms with E-state index in [2.05, 4.69) is 62.7 Å². The molecule has 0 radical (unpaired) electrons. The van der Waals surface area contributed by atoms with E-state index in [0.29, 0.717) is 5.92 Å². The lowest BCUT2D eigenvalue weighted by Gasteiger charge is -2.19. The lowest BCUT2D eigenvalue weighted by atomic mass is 10.0. The van der Waals surface area contributed by atoms with Crippen molar-refractivity contribution in [3.63, 3.8) is 0 Å². The average Bonchev–Trinajstić information content (AvgIpc) is 2.38. The summed E-state index contributed by atoms with van der Waals surface area (Å²) in [5, 5.41) is 0. The van der Waals surface area contributed by atoms with E-state index >= 15 is 0 Å². The summed E-state index contributed by atoms with van der Waals surface area (Å²) in [4.78, 5) is 2.33. The Morgan fingerprint density at radius 1 is 1.18 bits per heavy atom. The molecular weight excluding hydrogens is 208 g/mol. The number of hydrogen-bond acceptors (Lipinski definition) is 2. The normalized spacial score (nSPS) is 9.82. The van der Waals surface area contributed by atoms with Gasteiger partial charge in [0.05, 0.1) is 0 Å². The van der Waals surface area contributed by atoms with Crippen molar-refractivity contribution >= 4 is 5.69 Å². The minimum absolute atomic E-state index is 0. The van der Waals surface area contributed by atoms with Gasteiger partial charge in [0.1, 0.15) is 0 Å². The summed E-state index contributed by atoms with van der Waals surface area (Å²) in [7, 11) is 3.67. The second-order valence-electron chi connectivity index (χ2n) is 4.52. The van der Waals surface area contributed by atoms with Crippen LogP contribution in [0.15, 0.2) is 24.3 Å². The van der Waals surface area contributed by atoms with Crippen LogP contribution in [0, 0.1) is 0 Å². The molecule has 0 bridgehead atoms. The van der Waals surface area contributed by atoms with Crippen LogP contribution in [0.25, 0.3) is 0 Å². The average molecular weight is 238 g/mol. The molecular formula is C15H30N2. The predicted molar refractivity (Wildman–Crippen MR) is 80.9 cm³/mol. The molecule has 0 aliphatic rings. The molecule has 0 spiro atoms. The molecule has 1 aromatic carbocycles. The van der Waals surface area contributed by atoms with Gasteiger partial charge in [0.2, 0.25) is 0 Å². The van der Waals surface area contributed by atoms with Gasteiger partial charge in [-0.05, 0) is 37.1 Å². The summed E-state index contributed by atoms with van der Waals surface area (Å²) in [6.45, 7) is 7.85. The van der Waals surface area contributed by atoms with E-state index in [1.165, 1.54) is 31.1 Å². The molecule has 2 heteroatoms. The Morgan fingerprint density at radius 2 is 1.71 bits per heavy atom. The van der Waals surface area contributed by atoms with Crippen molar-refractivity contribution in [2.24, 2.45) is 5.73 Å². The zero-order valence-electron chi connectivity index (χ0n) is 12.0. The molecule has 0 heterocycles. The summed E-state index contributed by atoms with van der Waals surface area (Å²) in [6, 6.07) is 8.93. The number of unbranched alkanes of at least 4 members (excludes halogenated alkanes) is 1. The van der Waals surface area contributed by atoms with E-state index < -0.39 is 0 Å². The van der Waals surface area contributed by atoms with Gasteiger partial charge in [-0.3, -0.25) is 0 Å². The Balaban J connectivity index is 0. The number of rotatable bonds is 5. The molecule has 17 heavy (non-hydrogen) atoms. The maximum absolute atomic E-state index is 4.50. The monoisotopic (exact) mass is 238 g/mol. The molecule has 0 unspecified atom stereocenters. The Bertz CT molecular complexity index is 283. The highest BCUT2D eigenvalue weighted by molar-refractivity contribution is 5.47. The first-order valence-corrected chi connectivity index (χ1v) is 6.54. The van der Waals surface area contributed by atoms with Crippen molar-refractivity contribution in [3.8, 4) is 0 Å². The molecule has 0 aliphatic carbocycles. The fourth-order valence-corrected chi connectivity index (χ4v) is 1.64. The van der Waals surface area contributed by atoms with Gasteiger partial charge >= 0.3 is 0 Å². The molecule has 0 amide bonds. The number of benzene rings is 1. The summed E-state index contributed by atoms with van der Waals surface area (Å²) in [6.07, 6.45) is 2.52. The smallest absolute Gasteiger partial charge is 0.0363 e. The first-order valence-electron chi connectivity index (χ1n) is 6.54. The third-order valence-electron chi connectivity index (χ3n) is 2.85. The minimum atomic E-state index is 0. The van der Waals surface area contributed by atoms with Gasteiger partial charge in [-0.25, -0.2) is 0 Å². The van der Waals surface area contributed by atoms with Crippen LogP contribution >= 0.6 is 0 Å². The zero-order valence-corrected chi connectivity index (χ0v) is 12.0. The van der Waals surface area contributed by atoms with Crippen molar-refractivity contribution in [1.82, 2.24) is 0 Å². The molecule has 2 N–H and O–H groups in total. The molecule has 0 atom stereocenters. The number of hydrogen-bond donors (Lipinski definition) is 1. The van der Waals surface area contributed by atoms with Crippen molar-refractivity contribution in [3.05, 3.63) is 29.8 Å². The van der Waals surface area contributed by atoms with Gasteiger partial charge in [0.15, 0.2) is 0 Å². The van der Waals surface area contributed by atoms with Gasteiger partial charge in [-0.1, -0.05) is 39.3 Å². The molecule has 0 fully saturated rings. The van der Waals surface area contributed by atoms with E-state index in [4.69, 9.17) is 0 Å². The molecule has 2 nitrogen and oxygen atoms in total. The number of nitrogens with zero attached hydrogens (tertiary/aromatic N) is 1. The van der Waals surface area contributed by atoms with Gasteiger partial charge in [0.25, 0.3) is 0 Å². The van der Waals surface area contributed by atoms with Crippen molar-refractivity contribution in [2.75, 3.05) is 25.5 Å². The van der Waals surface area contributed by atoms with E-state index in [1.54, 1.807) is 0 Å². The van der Waals surface area contributed by atoms with E-state index in [9.17, 15) is 0 Å². The van der Waals surface area contributed by atoms with Gasteiger partial charge < -0.3 is 10.6 Å². The topological polar surface area (TPSA) is 29.3 Å². The standard InChI is InChI=1S/C14H23N.CH5N.H2/c1-5-6-11-15(4)14-9-7-13(8-10-14)12(2)3;1-2;/h7-10,12H,5-6,11H2,1-4H3;2H2,1H3;1H. The largest absolute Gasteiger partial charge is 0.375 e. The van der Waals surface area contributed by atoms with Crippen molar-refractivity contribution in [1.29, 1.82) is 0 Å². The second kappa shape index (κ2) is 9.06. The van der Waals surface area contributed by atoms with Crippen LogP contribution in [0.5, 0.6) is 0 Å². The zero-order chi connectivity index (χ0) is 13.3. The quantitative estimate of drug-likeness (QED) is 0.844. The Hall–Kier alpha value is -1.02. The maximum atomic E-state index is 4.50. The summed E-state index contributed by atoms with van der Waals surface area (Å²) in [5.41, 5.74) is 7.25. The van der Waals surface area contributed by atoms with Crippen molar-refractivity contribution in [2.45, 2.75) is 39.5 Å². The van der Waals surface area contributed by atoms with Crippen LogP contribution < -0.4 is 10.6 Å². The van der Waals surface area contributed by atoms with Crippen LogP contribution in [-0.2, 0) is 0 Å². The van der Waals surface area contributed by atoms with E-state index in [-0.39, 0.29) is 1.43 Å². The Labute approximate surface area is 108 Å². The number of nitrogens with two attached hydrogens (primary N) is 1. The van der Waals surface area contributed by atoms with Crippen LogP contribution in [0.1, 0.15) is 46.5 Å². The Kier molecular flexibility index (Phi) is 8.51. The molecule has 0 aliphatic heterocycles. The van der Waals surface area contributed by atoms with Gasteiger partial charge in [-0.2, -0.15) is 0 Å². The third-order valence-corrected chi connectivity index (χ3v) is 2.85.